The highest BCUT2D eigenvalue weighted by Crippen LogP contribution is 2.37. The van der Waals surface area contributed by atoms with Crippen molar-refractivity contribution in [1.29, 1.82) is 0 Å². The van der Waals surface area contributed by atoms with Gasteiger partial charge in [0.15, 0.2) is 11.8 Å². The normalized spacial score (nSPS) is 12.8. The molecule has 0 amide bonds. The van der Waals surface area contributed by atoms with Crippen LogP contribution in [0, 0.1) is 6.92 Å². The lowest BCUT2D eigenvalue weighted by Crippen LogP contribution is -2.30. The van der Waals surface area contributed by atoms with Crippen LogP contribution in [0.2, 0.25) is 0 Å². The lowest BCUT2D eigenvalue weighted by molar-refractivity contribution is -0.660. The second-order valence-electron chi connectivity index (χ2n) is 7.65. The molecule has 0 spiro atoms. The van der Waals surface area contributed by atoms with Gasteiger partial charge in [0, 0.05) is 41.4 Å². The topological polar surface area (TPSA) is 29.9 Å². The summed E-state index contributed by atoms with van der Waals surface area (Å²) >= 11 is 0. The molecule has 0 N–H and O–H groups in total. The molecule has 0 saturated carbocycles. The lowest BCUT2D eigenvalue weighted by atomic mass is 9.98. The summed E-state index contributed by atoms with van der Waals surface area (Å²) in [5, 5.41) is 3.19. The van der Waals surface area contributed by atoms with Gasteiger partial charge in [-0.25, -0.2) is 4.57 Å². The monoisotopic (exact) mass is 368 g/mol. The minimum absolute atomic E-state index is 0.650. The Labute approximate surface area is 165 Å². The molecule has 0 aliphatic rings. The van der Waals surface area contributed by atoms with E-state index >= 15 is 0 Å². The number of nitrogens with zero attached hydrogens (tertiary/aromatic N) is 2. The fraction of sp³-hybridized carbons (Fsp3) is 0.200. The minimum Gasteiger partial charge on any atom is -0.453 e. The van der Waals surface area contributed by atoms with E-state index < -0.39 is 5.89 Å². The molecule has 3 heteroatoms. The molecule has 0 aliphatic heterocycles. The fourth-order valence-corrected chi connectivity index (χ4v) is 3.97. The summed E-state index contributed by atoms with van der Waals surface area (Å²) in [5.41, 5.74) is 6.86. The summed E-state index contributed by atoms with van der Waals surface area (Å²) in [7, 11) is 2.04. The van der Waals surface area contributed by atoms with Crippen LogP contribution >= 0.6 is 0 Å². The van der Waals surface area contributed by atoms with Gasteiger partial charge >= 0.3 is 0 Å². The molecule has 0 bridgehead atoms. The molecule has 3 heterocycles. The maximum Gasteiger partial charge on any atom is 0.212 e. The van der Waals surface area contributed by atoms with Crippen LogP contribution in [-0.2, 0) is 7.05 Å². The summed E-state index contributed by atoms with van der Waals surface area (Å²) in [6, 6.07) is 16.5. The average Bonchev–Trinajstić information content (AvgIpc) is 3.08. The van der Waals surface area contributed by atoms with Crippen LogP contribution in [0.4, 0.5) is 0 Å². The standard InChI is InChI=1S/C25H23N2O/c1-15(2)17-11-12-27(4)22(13-17)19-9-10-21-23-25(28-24(21)16(19)3)20-8-6-5-7-18(20)14-26-23/h5-15H,1-4H3/q+1/i15D. The van der Waals surface area contributed by atoms with Crippen molar-refractivity contribution in [1.82, 2.24) is 4.98 Å². The molecule has 28 heavy (non-hydrogen) atoms. The van der Waals surface area contributed by atoms with Gasteiger partial charge in [-0.1, -0.05) is 38.1 Å². The van der Waals surface area contributed by atoms with E-state index in [0.29, 0.717) is 0 Å². The van der Waals surface area contributed by atoms with Crippen molar-refractivity contribution in [2.45, 2.75) is 26.7 Å². The third-order valence-corrected chi connectivity index (χ3v) is 5.62. The van der Waals surface area contributed by atoms with Gasteiger partial charge in [0.2, 0.25) is 5.69 Å². The van der Waals surface area contributed by atoms with Gasteiger partial charge in [-0.05, 0) is 30.5 Å². The molecule has 0 atom stereocenters. The van der Waals surface area contributed by atoms with Crippen molar-refractivity contribution < 1.29 is 10.4 Å². The summed E-state index contributed by atoms with van der Waals surface area (Å²) in [4.78, 5) is 4.68. The van der Waals surface area contributed by atoms with Gasteiger partial charge in [0.1, 0.15) is 18.1 Å². The van der Waals surface area contributed by atoms with Gasteiger partial charge in [0.25, 0.3) is 0 Å². The Hall–Kier alpha value is -3.20. The molecule has 0 fully saturated rings. The van der Waals surface area contributed by atoms with E-state index in [1.165, 1.54) is 0 Å². The van der Waals surface area contributed by atoms with Crippen LogP contribution in [-0.4, -0.2) is 4.98 Å². The highest BCUT2D eigenvalue weighted by molar-refractivity contribution is 6.13. The smallest absolute Gasteiger partial charge is 0.212 e. The van der Waals surface area contributed by atoms with Gasteiger partial charge in [-0.3, -0.25) is 4.98 Å². The van der Waals surface area contributed by atoms with Crippen molar-refractivity contribution in [2.24, 2.45) is 7.05 Å². The van der Waals surface area contributed by atoms with E-state index in [0.717, 1.165) is 55.2 Å². The minimum atomic E-state index is -0.650. The van der Waals surface area contributed by atoms with Crippen LogP contribution in [0.3, 0.4) is 0 Å². The van der Waals surface area contributed by atoms with E-state index in [1.54, 1.807) is 0 Å². The molecule has 3 nitrogen and oxygen atoms in total. The third-order valence-electron chi connectivity index (χ3n) is 5.62. The van der Waals surface area contributed by atoms with Gasteiger partial charge in [-0.15, -0.1) is 0 Å². The van der Waals surface area contributed by atoms with Crippen molar-refractivity contribution in [2.75, 3.05) is 0 Å². The van der Waals surface area contributed by atoms with Crippen molar-refractivity contribution in [3.05, 3.63) is 72.1 Å². The Balaban J connectivity index is 1.80. The summed E-state index contributed by atoms with van der Waals surface area (Å²) in [5.74, 6) is -0.650. The molecule has 2 aromatic carbocycles. The quantitative estimate of drug-likeness (QED) is 0.355. The number of hydrogen-bond acceptors (Lipinski definition) is 2. The Morgan fingerprint density at radius 3 is 2.68 bits per heavy atom. The van der Waals surface area contributed by atoms with Crippen molar-refractivity contribution in [3.8, 4) is 11.3 Å². The summed E-state index contributed by atoms with van der Waals surface area (Å²) < 4.78 is 16.9. The first-order chi connectivity index (χ1) is 13.8. The van der Waals surface area contributed by atoms with E-state index in [4.69, 9.17) is 5.79 Å². The molecule has 0 aliphatic carbocycles. The maximum absolute atomic E-state index is 8.40. The highest BCUT2D eigenvalue weighted by Gasteiger charge is 2.20. The molecule has 0 saturated heterocycles. The second kappa shape index (κ2) is 6.16. The van der Waals surface area contributed by atoms with Gasteiger partial charge < -0.3 is 4.42 Å². The van der Waals surface area contributed by atoms with E-state index in [9.17, 15) is 0 Å². The van der Waals surface area contributed by atoms with E-state index in [1.807, 2.05) is 51.5 Å². The predicted molar refractivity (Wildman–Crippen MR) is 114 cm³/mol. The van der Waals surface area contributed by atoms with E-state index in [2.05, 4.69) is 46.8 Å². The van der Waals surface area contributed by atoms with Crippen LogP contribution in [0.5, 0.6) is 0 Å². The number of aryl methyl sites for hydroxylation is 2. The molecule has 3 aromatic heterocycles. The first-order valence-electron chi connectivity index (χ1n) is 10.0. The largest absolute Gasteiger partial charge is 0.453 e. The van der Waals surface area contributed by atoms with Crippen LogP contribution < -0.4 is 4.57 Å². The zero-order valence-corrected chi connectivity index (χ0v) is 16.6. The zero-order valence-electron chi connectivity index (χ0n) is 17.6. The molecule has 5 rings (SSSR count). The third kappa shape index (κ3) is 2.43. The number of benzene rings is 2. The van der Waals surface area contributed by atoms with E-state index in [-0.39, 0.29) is 0 Å². The number of aromatic nitrogens is 2. The van der Waals surface area contributed by atoms with Crippen LogP contribution in [0.15, 0.2) is 65.3 Å². The van der Waals surface area contributed by atoms with Crippen LogP contribution in [0.1, 0.15) is 32.2 Å². The van der Waals surface area contributed by atoms with Crippen LogP contribution in [0.25, 0.3) is 44.1 Å². The molecular weight excluding hydrogens is 344 g/mol. The number of fused-ring (bicyclic) bond motifs is 5. The Kier molecular flexibility index (Phi) is 3.48. The molecule has 5 aromatic rings. The maximum atomic E-state index is 8.40. The SMILES string of the molecule is [2H]C(C)(C)c1cc[n+](C)c(-c2ccc3c(oc4c5ccccc5cnc34)c2C)c1. The molecular formula is C25H23N2O+. The summed E-state index contributed by atoms with van der Waals surface area (Å²) in [6.07, 6.45) is 3.94. The van der Waals surface area contributed by atoms with Gasteiger partial charge in [0.05, 0.1) is 5.56 Å². The number of furan rings is 1. The molecule has 138 valence electrons. The highest BCUT2D eigenvalue weighted by atomic mass is 16.3. The molecule has 0 radical (unpaired) electrons. The number of pyridine rings is 2. The van der Waals surface area contributed by atoms with Gasteiger partial charge in [-0.2, -0.15) is 0 Å². The summed E-state index contributed by atoms with van der Waals surface area (Å²) in [6.45, 7) is 5.93. The Morgan fingerprint density at radius 1 is 1.04 bits per heavy atom. The molecule has 0 unspecified atom stereocenters. The Morgan fingerprint density at radius 2 is 1.86 bits per heavy atom. The number of hydrogen-bond donors (Lipinski definition) is 0. The predicted octanol–water partition coefficient (Wildman–Crippen LogP) is 6.06. The average molecular weight is 368 g/mol. The Bertz CT molecular complexity index is 1410. The number of rotatable bonds is 2. The lowest BCUT2D eigenvalue weighted by Gasteiger charge is -2.09. The first kappa shape index (κ1) is 15.8. The van der Waals surface area contributed by atoms with Crippen molar-refractivity contribution in [3.63, 3.8) is 0 Å². The zero-order chi connectivity index (χ0) is 20.3. The second-order valence-corrected chi connectivity index (χ2v) is 7.65. The van der Waals surface area contributed by atoms with Crippen molar-refractivity contribution >= 4 is 32.8 Å². The fourth-order valence-electron chi connectivity index (χ4n) is 3.97. The first-order valence-corrected chi connectivity index (χ1v) is 9.55.